The Labute approximate surface area is 72.1 Å². The molecule has 0 N–H and O–H groups in total. The van der Waals surface area contributed by atoms with Crippen molar-refractivity contribution < 1.29 is 9.72 Å². The normalized spacial score (nSPS) is 10.2. The number of Topliss-reactive ketones (excluding diaryl/α,β-unsaturated/α-hetero) is 1. The summed E-state index contributed by atoms with van der Waals surface area (Å²) in [5.74, 6) is 0.249. The van der Waals surface area contributed by atoms with Gasteiger partial charge in [-0.1, -0.05) is 13.8 Å². The Morgan fingerprint density at radius 1 is 1.42 bits per heavy atom. The SMILES string of the molecule is CC(C)C(=O)CCCC[N+](=O)[O-]. The molecular weight excluding hydrogens is 158 g/mol. The standard InChI is InChI=1S/C8H15NO3/c1-7(2)8(10)5-3-4-6-9(11)12/h7H,3-6H2,1-2H3. The minimum absolute atomic E-state index is 0.0224. The molecule has 0 bridgehead atoms. The van der Waals surface area contributed by atoms with Crippen molar-refractivity contribution in [3.8, 4) is 0 Å². The molecule has 0 aromatic carbocycles. The molecule has 4 nitrogen and oxygen atoms in total. The van der Waals surface area contributed by atoms with E-state index in [2.05, 4.69) is 0 Å². The van der Waals surface area contributed by atoms with Gasteiger partial charge >= 0.3 is 0 Å². The van der Waals surface area contributed by atoms with E-state index in [-0.39, 0.29) is 23.2 Å². The maximum Gasteiger partial charge on any atom is 0.203 e. The van der Waals surface area contributed by atoms with Crippen molar-refractivity contribution in [1.82, 2.24) is 0 Å². The van der Waals surface area contributed by atoms with Gasteiger partial charge in [-0.05, 0) is 6.42 Å². The molecule has 0 aromatic heterocycles. The van der Waals surface area contributed by atoms with Crippen molar-refractivity contribution in [3.05, 3.63) is 10.1 Å². The van der Waals surface area contributed by atoms with E-state index in [4.69, 9.17) is 0 Å². The Hall–Kier alpha value is -0.930. The topological polar surface area (TPSA) is 60.2 Å². The molecule has 0 spiro atoms. The third-order valence-corrected chi connectivity index (χ3v) is 1.66. The molecule has 0 atom stereocenters. The monoisotopic (exact) mass is 173 g/mol. The first-order chi connectivity index (χ1) is 5.54. The fourth-order valence-corrected chi connectivity index (χ4v) is 0.829. The number of rotatable bonds is 6. The summed E-state index contributed by atoms with van der Waals surface area (Å²) in [5.41, 5.74) is 0. The zero-order valence-electron chi connectivity index (χ0n) is 7.58. The van der Waals surface area contributed by atoms with Crippen LogP contribution in [0.25, 0.3) is 0 Å². The van der Waals surface area contributed by atoms with Gasteiger partial charge in [0.15, 0.2) is 0 Å². The predicted octanol–water partition coefficient (Wildman–Crippen LogP) is 1.66. The number of carbonyl (C=O) groups excluding carboxylic acids is 1. The summed E-state index contributed by atoms with van der Waals surface area (Å²) in [5, 5.41) is 9.90. The molecule has 0 fully saturated rings. The lowest BCUT2D eigenvalue weighted by molar-refractivity contribution is -0.480. The molecule has 0 saturated carbocycles. The van der Waals surface area contributed by atoms with Crippen LogP contribution in [0.5, 0.6) is 0 Å². The zero-order valence-corrected chi connectivity index (χ0v) is 7.58. The highest BCUT2D eigenvalue weighted by Gasteiger charge is 2.06. The maximum absolute atomic E-state index is 11.0. The molecule has 0 aliphatic carbocycles. The summed E-state index contributed by atoms with van der Waals surface area (Å²) in [6.07, 6.45) is 1.62. The van der Waals surface area contributed by atoms with Crippen LogP contribution in [0.3, 0.4) is 0 Å². The zero-order chi connectivity index (χ0) is 9.56. The van der Waals surface area contributed by atoms with Gasteiger partial charge in [0.2, 0.25) is 6.54 Å². The molecule has 0 heterocycles. The minimum atomic E-state index is -0.347. The lowest BCUT2D eigenvalue weighted by atomic mass is 10.0. The maximum atomic E-state index is 11.0. The summed E-state index contributed by atoms with van der Waals surface area (Å²) in [6, 6.07) is 0. The van der Waals surface area contributed by atoms with Gasteiger partial charge in [-0.25, -0.2) is 0 Å². The number of nitro groups is 1. The first kappa shape index (κ1) is 11.1. The molecule has 0 radical (unpaired) electrons. The molecule has 0 rings (SSSR count). The predicted molar refractivity (Wildman–Crippen MR) is 45.6 cm³/mol. The van der Waals surface area contributed by atoms with E-state index >= 15 is 0 Å². The molecule has 0 aromatic rings. The molecule has 0 aliphatic rings. The van der Waals surface area contributed by atoms with Crippen molar-refractivity contribution in [1.29, 1.82) is 0 Å². The van der Waals surface area contributed by atoms with Crippen LogP contribution in [-0.2, 0) is 4.79 Å². The summed E-state index contributed by atoms with van der Waals surface area (Å²) in [6.45, 7) is 3.66. The highest BCUT2D eigenvalue weighted by Crippen LogP contribution is 2.03. The molecule has 0 amide bonds. The van der Waals surface area contributed by atoms with Crippen molar-refractivity contribution in [2.24, 2.45) is 5.92 Å². The Balaban J connectivity index is 3.32. The van der Waals surface area contributed by atoms with Gasteiger partial charge in [0.25, 0.3) is 0 Å². The van der Waals surface area contributed by atoms with E-state index < -0.39 is 0 Å². The Morgan fingerprint density at radius 2 is 2.00 bits per heavy atom. The largest absolute Gasteiger partial charge is 0.299 e. The molecule has 4 heteroatoms. The fourth-order valence-electron chi connectivity index (χ4n) is 0.829. The van der Waals surface area contributed by atoms with Crippen LogP contribution < -0.4 is 0 Å². The van der Waals surface area contributed by atoms with Crippen LogP contribution in [0.1, 0.15) is 33.1 Å². The first-order valence-electron chi connectivity index (χ1n) is 4.18. The van der Waals surface area contributed by atoms with Crippen LogP contribution >= 0.6 is 0 Å². The first-order valence-corrected chi connectivity index (χ1v) is 4.18. The Bertz CT molecular complexity index is 166. The molecule has 0 saturated heterocycles. The van der Waals surface area contributed by atoms with E-state index in [0.717, 1.165) is 0 Å². The van der Waals surface area contributed by atoms with Crippen molar-refractivity contribution in [2.75, 3.05) is 6.54 Å². The van der Waals surface area contributed by atoms with E-state index in [1.807, 2.05) is 13.8 Å². The molecule has 0 aliphatic heterocycles. The van der Waals surface area contributed by atoms with Gasteiger partial charge in [0, 0.05) is 23.7 Å². The number of nitrogens with zero attached hydrogens (tertiary/aromatic N) is 1. The second-order valence-electron chi connectivity index (χ2n) is 3.13. The van der Waals surface area contributed by atoms with E-state index in [1.54, 1.807) is 0 Å². The summed E-state index contributed by atoms with van der Waals surface area (Å²) in [4.78, 5) is 20.6. The summed E-state index contributed by atoms with van der Waals surface area (Å²) >= 11 is 0. The Morgan fingerprint density at radius 3 is 2.42 bits per heavy atom. The highest BCUT2D eigenvalue weighted by molar-refractivity contribution is 5.80. The van der Waals surface area contributed by atoms with Gasteiger partial charge < -0.3 is 0 Å². The smallest absolute Gasteiger partial charge is 0.203 e. The van der Waals surface area contributed by atoms with E-state index in [9.17, 15) is 14.9 Å². The van der Waals surface area contributed by atoms with Crippen LogP contribution in [0.2, 0.25) is 0 Å². The third kappa shape index (κ3) is 5.82. The lowest BCUT2D eigenvalue weighted by Gasteiger charge is -2.01. The molecule has 70 valence electrons. The van der Waals surface area contributed by atoms with Crippen molar-refractivity contribution in [3.63, 3.8) is 0 Å². The van der Waals surface area contributed by atoms with Gasteiger partial charge in [0.1, 0.15) is 5.78 Å². The number of unbranched alkanes of at least 4 members (excludes halogenated alkanes) is 1. The number of hydrogen-bond acceptors (Lipinski definition) is 3. The quantitative estimate of drug-likeness (QED) is 0.348. The second kappa shape index (κ2) is 5.69. The fraction of sp³-hybridized carbons (Fsp3) is 0.875. The second-order valence-corrected chi connectivity index (χ2v) is 3.13. The van der Waals surface area contributed by atoms with Crippen LogP contribution in [0.4, 0.5) is 0 Å². The van der Waals surface area contributed by atoms with Gasteiger partial charge in [-0.3, -0.25) is 14.9 Å². The lowest BCUT2D eigenvalue weighted by Crippen LogP contribution is -2.07. The highest BCUT2D eigenvalue weighted by atomic mass is 16.6. The minimum Gasteiger partial charge on any atom is -0.299 e. The van der Waals surface area contributed by atoms with Gasteiger partial charge in [0.05, 0.1) is 0 Å². The average molecular weight is 173 g/mol. The van der Waals surface area contributed by atoms with Crippen LogP contribution in [0.15, 0.2) is 0 Å². The van der Waals surface area contributed by atoms with Crippen molar-refractivity contribution in [2.45, 2.75) is 33.1 Å². The van der Waals surface area contributed by atoms with Crippen LogP contribution in [0, 0.1) is 16.0 Å². The number of carbonyl (C=O) groups is 1. The van der Waals surface area contributed by atoms with Gasteiger partial charge in [-0.2, -0.15) is 0 Å². The Kier molecular flexibility index (Phi) is 5.25. The number of hydrogen-bond donors (Lipinski definition) is 0. The molecular formula is C8H15NO3. The summed E-state index contributed by atoms with van der Waals surface area (Å²) < 4.78 is 0. The summed E-state index contributed by atoms with van der Waals surface area (Å²) in [7, 11) is 0. The molecule has 0 unspecified atom stereocenters. The number of ketones is 1. The van der Waals surface area contributed by atoms with E-state index in [1.165, 1.54) is 0 Å². The van der Waals surface area contributed by atoms with Crippen LogP contribution in [-0.4, -0.2) is 17.3 Å². The third-order valence-electron chi connectivity index (χ3n) is 1.66. The van der Waals surface area contributed by atoms with Crippen molar-refractivity contribution >= 4 is 5.78 Å². The van der Waals surface area contributed by atoms with E-state index in [0.29, 0.717) is 19.3 Å². The molecule has 12 heavy (non-hydrogen) atoms. The average Bonchev–Trinajstić information content (AvgIpc) is 1.97. The van der Waals surface area contributed by atoms with Gasteiger partial charge in [-0.15, -0.1) is 0 Å².